The molecule has 0 unspecified atom stereocenters. The minimum Gasteiger partial charge on any atom is -0.493 e. The van der Waals surface area contributed by atoms with Crippen molar-refractivity contribution in [2.24, 2.45) is 5.92 Å². The summed E-state index contributed by atoms with van der Waals surface area (Å²) < 4.78 is 16.1. The van der Waals surface area contributed by atoms with Crippen LogP contribution in [0.15, 0.2) is 42.6 Å². The summed E-state index contributed by atoms with van der Waals surface area (Å²) in [6.45, 7) is 5.33. The normalized spacial score (nSPS) is 17.7. The van der Waals surface area contributed by atoms with Gasteiger partial charge in [-0.15, -0.1) is 0 Å². The summed E-state index contributed by atoms with van der Waals surface area (Å²) in [5.41, 5.74) is 2.07. The van der Waals surface area contributed by atoms with Crippen LogP contribution in [0.3, 0.4) is 0 Å². The smallest absolute Gasteiger partial charge is 0.246 e. The third-order valence-electron chi connectivity index (χ3n) is 5.55. The molecule has 2 aromatic rings. The number of hydrogen-bond acceptors (Lipinski definition) is 6. The van der Waals surface area contributed by atoms with E-state index in [0.717, 1.165) is 49.7 Å². The number of carbonyl (C=O) groups is 1. The molecule has 0 radical (unpaired) electrons. The van der Waals surface area contributed by atoms with Gasteiger partial charge in [0.2, 0.25) is 5.91 Å². The highest BCUT2D eigenvalue weighted by molar-refractivity contribution is 5.77. The maximum atomic E-state index is 12.3. The van der Waals surface area contributed by atoms with Crippen LogP contribution in [0.5, 0.6) is 11.5 Å². The van der Waals surface area contributed by atoms with E-state index in [0.29, 0.717) is 6.61 Å². The van der Waals surface area contributed by atoms with Gasteiger partial charge in [0.05, 0.1) is 25.5 Å². The SMILES string of the molecule is CCOc1ccc(CN2CCC[C@H]([C@H](NC(=O)COC)c3ccccn3)C2)cc1OC. The Morgan fingerprint density at radius 2 is 2.13 bits per heavy atom. The number of likely N-dealkylation sites (tertiary alicyclic amines) is 1. The Kier molecular flexibility index (Phi) is 8.67. The summed E-state index contributed by atoms with van der Waals surface area (Å²) >= 11 is 0. The molecule has 1 fully saturated rings. The molecule has 0 aliphatic carbocycles. The fourth-order valence-electron chi connectivity index (χ4n) is 4.19. The van der Waals surface area contributed by atoms with Gasteiger partial charge in [0, 0.05) is 26.4 Å². The van der Waals surface area contributed by atoms with Crippen LogP contribution in [0.2, 0.25) is 0 Å². The second kappa shape index (κ2) is 11.7. The molecule has 7 heteroatoms. The van der Waals surface area contributed by atoms with Gasteiger partial charge in [-0.05, 0) is 62.1 Å². The summed E-state index contributed by atoms with van der Waals surface area (Å²) in [4.78, 5) is 19.2. The highest BCUT2D eigenvalue weighted by atomic mass is 16.5. The molecule has 31 heavy (non-hydrogen) atoms. The topological polar surface area (TPSA) is 72.9 Å². The zero-order valence-corrected chi connectivity index (χ0v) is 18.7. The second-order valence-corrected chi connectivity index (χ2v) is 7.79. The molecule has 0 spiro atoms. The number of hydrogen-bond donors (Lipinski definition) is 1. The van der Waals surface area contributed by atoms with Crippen molar-refractivity contribution in [3.05, 3.63) is 53.9 Å². The lowest BCUT2D eigenvalue weighted by atomic mass is 9.88. The largest absolute Gasteiger partial charge is 0.493 e. The molecule has 1 aliphatic rings. The number of nitrogens with zero attached hydrogens (tertiary/aromatic N) is 2. The predicted molar refractivity (Wildman–Crippen MR) is 119 cm³/mol. The van der Waals surface area contributed by atoms with Crippen molar-refractivity contribution in [1.82, 2.24) is 15.2 Å². The van der Waals surface area contributed by atoms with Gasteiger partial charge in [0.25, 0.3) is 0 Å². The fraction of sp³-hybridized carbons (Fsp3) is 0.500. The van der Waals surface area contributed by atoms with E-state index in [4.69, 9.17) is 14.2 Å². The van der Waals surface area contributed by atoms with E-state index in [1.807, 2.05) is 37.3 Å². The number of pyridine rings is 1. The van der Waals surface area contributed by atoms with Gasteiger partial charge in [-0.25, -0.2) is 0 Å². The highest BCUT2D eigenvalue weighted by Gasteiger charge is 2.30. The summed E-state index contributed by atoms with van der Waals surface area (Å²) in [7, 11) is 3.20. The maximum absolute atomic E-state index is 12.3. The van der Waals surface area contributed by atoms with Crippen LogP contribution in [0.25, 0.3) is 0 Å². The number of carbonyl (C=O) groups excluding carboxylic acids is 1. The molecule has 1 aliphatic heterocycles. The van der Waals surface area contributed by atoms with Gasteiger partial charge in [-0.3, -0.25) is 14.7 Å². The van der Waals surface area contributed by atoms with E-state index in [1.54, 1.807) is 13.3 Å². The molecular weight excluding hydrogens is 394 g/mol. The van der Waals surface area contributed by atoms with Crippen LogP contribution in [-0.4, -0.2) is 56.3 Å². The average Bonchev–Trinajstić information content (AvgIpc) is 2.79. The highest BCUT2D eigenvalue weighted by Crippen LogP contribution is 2.32. The van der Waals surface area contributed by atoms with Crippen molar-refractivity contribution >= 4 is 5.91 Å². The molecule has 0 bridgehead atoms. The first kappa shape index (κ1) is 23.0. The van der Waals surface area contributed by atoms with Crippen molar-refractivity contribution in [1.29, 1.82) is 0 Å². The number of nitrogens with one attached hydrogen (secondary N) is 1. The van der Waals surface area contributed by atoms with Gasteiger partial charge in [-0.1, -0.05) is 12.1 Å². The van der Waals surface area contributed by atoms with E-state index in [1.165, 1.54) is 12.7 Å². The lowest BCUT2D eigenvalue weighted by Gasteiger charge is -2.37. The van der Waals surface area contributed by atoms with Gasteiger partial charge >= 0.3 is 0 Å². The summed E-state index contributed by atoms with van der Waals surface area (Å²) in [5, 5.41) is 3.14. The van der Waals surface area contributed by atoms with Crippen molar-refractivity contribution in [3.8, 4) is 11.5 Å². The first-order valence-corrected chi connectivity index (χ1v) is 10.9. The Labute approximate surface area is 184 Å². The second-order valence-electron chi connectivity index (χ2n) is 7.79. The number of benzene rings is 1. The lowest BCUT2D eigenvalue weighted by molar-refractivity contribution is -0.126. The molecule has 1 aromatic heterocycles. The molecule has 2 heterocycles. The Hall–Kier alpha value is -2.64. The number of aromatic nitrogens is 1. The maximum Gasteiger partial charge on any atom is 0.246 e. The molecule has 1 amide bonds. The minimum atomic E-state index is -0.137. The molecule has 2 atom stereocenters. The zero-order chi connectivity index (χ0) is 22.1. The van der Waals surface area contributed by atoms with E-state index < -0.39 is 0 Å². The van der Waals surface area contributed by atoms with Gasteiger partial charge in [-0.2, -0.15) is 0 Å². The molecule has 1 saturated heterocycles. The first-order chi connectivity index (χ1) is 15.1. The molecule has 1 aromatic carbocycles. The fourth-order valence-corrected chi connectivity index (χ4v) is 4.19. The third-order valence-corrected chi connectivity index (χ3v) is 5.55. The van der Waals surface area contributed by atoms with E-state index in [2.05, 4.69) is 21.3 Å². The Balaban J connectivity index is 1.72. The number of piperidine rings is 1. The van der Waals surface area contributed by atoms with Gasteiger partial charge in [0.1, 0.15) is 6.61 Å². The summed E-state index contributed by atoms with van der Waals surface area (Å²) in [5.74, 6) is 1.67. The van der Waals surface area contributed by atoms with Crippen LogP contribution in [-0.2, 0) is 16.1 Å². The minimum absolute atomic E-state index is 0.0474. The van der Waals surface area contributed by atoms with Crippen molar-refractivity contribution in [2.45, 2.75) is 32.4 Å². The summed E-state index contributed by atoms with van der Waals surface area (Å²) in [6, 6.07) is 11.8. The summed E-state index contributed by atoms with van der Waals surface area (Å²) in [6.07, 6.45) is 3.89. The Morgan fingerprint density at radius 1 is 1.26 bits per heavy atom. The molecule has 7 nitrogen and oxygen atoms in total. The number of methoxy groups -OCH3 is 2. The molecule has 1 N–H and O–H groups in total. The van der Waals surface area contributed by atoms with E-state index in [9.17, 15) is 4.79 Å². The molecule has 3 rings (SSSR count). The first-order valence-electron chi connectivity index (χ1n) is 10.9. The van der Waals surface area contributed by atoms with Crippen molar-refractivity contribution in [2.75, 3.05) is 40.5 Å². The van der Waals surface area contributed by atoms with Crippen molar-refractivity contribution in [3.63, 3.8) is 0 Å². The molecule has 168 valence electrons. The van der Waals surface area contributed by atoms with E-state index in [-0.39, 0.29) is 24.5 Å². The number of amides is 1. The Bertz CT molecular complexity index is 831. The number of rotatable bonds is 10. The predicted octanol–water partition coefficient (Wildman–Crippen LogP) is 3.20. The van der Waals surface area contributed by atoms with Gasteiger partial charge in [0.15, 0.2) is 11.5 Å². The molecular formula is C24H33N3O4. The lowest BCUT2D eigenvalue weighted by Crippen LogP contribution is -2.43. The van der Waals surface area contributed by atoms with Crippen LogP contribution in [0.1, 0.15) is 37.1 Å². The number of ether oxygens (including phenoxy) is 3. The van der Waals surface area contributed by atoms with Gasteiger partial charge < -0.3 is 19.5 Å². The average molecular weight is 428 g/mol. The molecule has 0 saturated carbocycles. The quantitative estimate of drug-likeness (QED) is 0.628. The third kappa shape index (κ3) is 6.42. The standard InChI is InChI=1S/C24H33N3O4/c1-4-31-21-11-10-18(14-22(21)30-3)15-27-13-7-8-19(16-27)24(26-23(28)17-29-2)20-9-5-6-12-25-20/h5-6,9-12,14,19,24H,4,7-8,13,15-17H2,1-3H3,(H,26,28)/t19-,24-/m0/s1. The van der Waals surface area contributed by atoms with Crippen LogP contribution in [0.4, 0.5) is 0 Å². The van der Waals surface area contributed by atoms with E-state index >= 15 is 0 Å². The Morgan fingerprint density at radius 3 is 2.84 bits per heavy atom. The van der Waals surface area contributed by atoms with Crippen LogP contribution >= 0.6 is 0 Å². The van der Waals surface area contributed by atoms with Crippen LogP contribution in [0, 0.1) is 5.92 Å². The zero-order valence-electron chi connectivity index (χ0n) is 18.7. The van der Waals surface area contributed by atoms with Crippen molar-refractivity contribution < 1.29 is 19.0 Å². The van der Waals surface area contributed by atoms with Crippen LogP contribution < -0.4 is 14.8 Å². The monoisotopic (exact) mass is 427 g/mol.